The van der Waals surface area contributed by atoms with E-state index in [1.54, 1.807) is 26.0 Å². The van der Waals surface area contributed by atoms with Crippen LogP contribution in [0.4, 0.5) is 0 Å². The number of H-pyrrole nitrogens is 1. The summed E-state index contributed by atoms with van der Waals surface area (Å²) in [5.41, 5.74) is 0.0246. The SMILES string of the molecule is CN(C)Cn1c(=O)c2[nH]cnc2n(C)c1=O. The zero-order valence-corrected chi connectivity index (χ0v) is 9.39. The second-order valence-electron chi connectivity index (χ2n) is 3.90. The van der Waals surface area contributed by atoms with E-state index in [1.807, 2.05) is 0 Å². The fraction of sp³-hybridized carbons (Fsp3) is 0.444. The lowest BCUT2D eigenvalue weighted by molar-refractivity contribution is 0.311. The van der Waals surface area contributed by atoms with Crippen LogP contribution in [0.1, 0.15) is 0 Å². The molecule has 0 aliphatic rings. The van der Waals surface area contributed by atoms with Gasteiger partial charge in [-0.3, -0.25) is 14.3 Å². The number of imidazole rings is 1. The van der Waals surface area contributed by atoms with Crippen molar-refractivity contribution < 1.29 is 0 Å². The first-order valence-electron chi connectivity index (χ1n) is 4.80. The predicted octanol–water partition coefficient (Wildman–Crippen LogP) is -1.06. The van der Waals surface area contributed by atoms with Crippen molar-refractivity contribution in [1.29, 1.82) is 0 Å². The van der Waals surface area contributed by atoms with Gasteiger partial charge in [-0.2, -0.15) is 0 Å². The van der Waals surface area contributed by atoms with E-state index < -0.39 is 0 Å². The first kappa shape index (κ1) is 10.6. The van der Waals surface area contributed by atoms with Gasteiger partial charge in [0, 0.05) is 7.05 Å². The van der Waals surface area contributed by atoms with Crippen LogP contribution in [0.2, 0.25) is 0 Å². The van der Waals surface area contributed by atoms with Gasteiger partial charge in [-0.05, 0) is 14.1 Å². The van der Waals surface area contributed by atoms with Crippen LogP contribution < -0.4 is 11.2 Å². The molecule has 0 atom stereocenters. The molecule has 0 aliphatic heterocycles. The first-order valence-corrected chi connectivity index (χ1v) is 4.80. The van der Waals surface area contributed by atoms with Crippen LogP contribution in [0.5, 0.6) is 0 Å². The van der Waals surface area contributed by atoms with Crippen LogP contribution in [-0.2, 0) is 13.7 Å². The molecule has 0 saturated carbocycles. The largest absolute Gasteiger partial charge is 0.339 e. The van der Waals surface area contributed by atoms with Gasteiger partial charge in [-0.15, -0.1) is 0 Å². The molecule has 2 rings (SSSR count). The summed E-state index contributed by atoms with van der Waals surface area (Å²) in [4.78, 5) is 32.3. The average Bonchev–Trinajstić information content (AvgIpc) is 2.70. The first-order chi connectivity index (χ1) is 7.52. The summed E-state index contributed by atoms with van der Waals surface area (Å²) >= 11 is 0. The lowest BCUT2D eigenvalue weighted by atomic mass is 10.5. The molecule has 0 amide bonds. The Morgan fingerprint density at radius 3 is 2.75 bits per heavy atom. The summed E-state index contributed by atoms with van der Waals surface area (Å²) in [5, 5.41) is 0. The zero-order valence-electron chi connectivity index (χ0n) is 9.39. The highest BCUT2D eigenvalue weighted by molar-refractivity contribution is 5.68. The molecular formula is C9H13N5O2. The van der Waals surface area contributed by atoms with E-state index in [4.69, 9.17) is 0 Å². The summed E-state index contributed by atoms with van der Waals surface area (Å²) in [6.45, 7) is 0.250. The van der Waals surface area contributed by atoms with Gasteiger partial charge in [0.15, 0.2) is 5.65 Å². The number of rotatable bonds is 2. The van der Waals surface area contributed by atoms with E-state index in [0.29, 0.717) is 11.2 Å². The zero-order chi connectivity index (χ0) is 11.9. The number of nitrogens with zero attached hydrogens (tertiary/aromatic N) is 4. The van der Waals surface area contributed by atoms with Gasteiger partial charge >= 0.3 is 5.69 Å². The lowest BCUT2D eigenvalue weighted by Crippen LogP contribution is -2.42. The number of hydrogen-bond donors (Lipinski definition) is 1. The van der Waals surface area contributed by atoms with Crippen LogP contribution >= 0.6 is 0 Å². The number of aromatic nitrogens is 4. The van der Waals surface area contributed by atoms with Crippen LogP contribution in [0.25, 0.3) is 11.2 Å². The molecule has 0 radical (unpaired) electrons. The van der Waals surface area contributed by atoms with Crippen molar-refractivity contribution >= 4 is 11.2 Å². The van der Waals surface area contributed by atoms with E-state index in [2.05, 4.69) is 9.97 Å². The van der Waals surface area contributed by atoms with Crippen LogP contribution in [0, 0.1) is 0 Å². The van der Waals surface area contributed by atoms with Crippen molar-refractivity contribution in [3.63, 3.8) is 0 Å². The molecule has 2 aromatic rings. The monoisotopic (exact) mass is 223 g/mol. The van der Waals surface area contributed by atoms with Gasteiger partial charge in [0.05, 0.1) is 13.0 Å². The lowest BCUT2D eigenvalue weighted by Gasteiger charge is -2.12. The van der Waals surface area contributed by atoms with E-state index in [9.17, 15) is 9.59 Å². The molecule has 2 heterocycles. The quantitative estimate of drug-likeness (QED) is 0.704. The maximum atomic E-state index is 11.9. The molecule has 0 spiro atoms. The Bertz CT molecular complexity index is 633. The minimum atomic E-state index is -0.363. The second kappa shape index (κ2) is 3.60. The Labute approximate surface area is 90.9 Å². The summed E-state index contributed by atoms with van der Waals surface area (Å²) in [7, 11) is 5.18. The average molecular weight is 223 g/mol. The fourth-order valence-corrected chi connectivity index (χ4v) is 1.60. The minimum Gasteiger partial charge on any atom is -0.339 e. The Kier molecular flexibility index (Phi) is 2.39. The molecule has 7 nitrogen and oxygen atoms in total. The Balaban J connectivity index is 2.83. The number of aryl methyl sites for hydroxylation is 1. The molecule has 0 bridgehead atoms. The van der Waals surface area contributed by atoms with Crippen molar-refractivity contribution in [1.82, 2.24) is 24.0 Å². The van der Waals surface area contributed by atoms with Gasteiger partial charge in [0.2, 0.25) is 0 Å². The highest BCUT2D eigenvalue weighted by atomic mass is 16.2. The highest BCUT2D eigenvalue weighted by Gasteiger charge is 2.12. The van der Waals surface area contributed by atoms with E-state index in [1.165, 1.54) is 15.5 Å². The third-order valence-corrected chi connectivity index (χ3v) is 2.34. The second-order valence-corrected chi connectivity index (χ2v) is 3.90. The standard InChI is InChI=1S/C9H13N5O2/c1-12(2)5-14-8(15)6-7(11-4-10-6)13(3)9(14)16/h4H,5H2,1-3H3,(H,10,11). The molecule has 0 aromatic carbocycles. The summed E-state index contributed by atoms with van der Waals surface area (Å²) in [6.07, 6.45) is 1.41. The number of hydrogen-bond acceptors (Lipinski definition) is 4. The fourth-order valence-electron chi connectivity index (χ4n) is 1.60. The van der Waals surface area contributed by atoms with Crippen molar-refractivity contribution in [2.45, 2.75) is 6.67 Å². The van der Waals surface area contributed by atoms with Crippen molar-refractivity contribution in [3.05, 3.63) is 27.2 Å². The number of aromatic amines is 1. The van der Waals surface area contributed by atoms with Crippen LogP contribution in [0.15, 0.2) is 15.9 Å². The topological polar surface area (TPSA) is 75.9 Å². The van der Waals surface area contributed by atoms with Gasteiger partial charge in [0.1, 0.15) is 5.52 Å². The smallest absolute Gasteiger partial charge is 0.333 e. The maximum Gasteiger partial charge on any atom is 0.333 e. The molecule has 0 fully saturated rings. The molecule has 16 heavy (non-hydrogen) atoms. The number of nitrogens with one attached hydrogen (secondary N) is 1. The summed E-state index contributed by atoms with van der Waals surface area (Å²) in [5.74, 6) is 0. The van der Waals surface area contributed by atoms with Gasteiger partial charge in [0.25, 0.3) is 5.56 Å². The van der Waals surface area contributed by atoms with Crippen molar-refractivity contribution in [3.8, 4) is 0 Å². The minimum absolute atomic E-state index is 0.250. The highest BCUT2D eigenvalue weighted by Crippen LogP contribution is 1.98. The molecule has 7 heteroatoms. The van der Waals surface area contributed by atoms with Crippen molar-refractivity contribution in [2.24, 2.45) is 7.05 Å². The van der Waals surface area contributed by atoms with E-state index in [-0.39, 0.29) is 17.9 Å². The van der Waals surface area contributed by atoms with Gasteiger partial charge in [-0.1, -0.05) is 0 Å². The third kappa shape index (κ3) is 1.45. The molecule has 1 N–H and O–H groups in total. The Morgan fingerprint density at radius 2 is 2.12 bits per heavy atom. The van der Waals surface area contributed by atoms with Crippen molar-refractivity contribution in [2.75, 3.05) is 14.1 Å². The Hall–Kier alpha value is -1.89. The summed E-state index contributed by atoms with van der Waals surface area (Å²) < 4.78 is 2.53. The van der Waals surface area contributed by atoms with Gasteiger partial charge < -0.3 is 4.98 Å². The predicted molar refractivity (Wildman–Crippen MR) is 59.3 cm³/mol. The molecule has 0 unspecified atom stereocenters. The molecule has 2 aromatic heterocycles. The third-order valence-electron chi connectivity index (χ3n) is 2.34. The maximum absolute atomic E-state index is 11.9. The molecular weight excluding hydrogens is 210 g/mol. The van der Waals surface area contributed by atoms with Crippen LogP contribution in [-0.4, -0.2) is 38.1 Å². The van der Waals surface area contributed by atoms with E-state index >= 15 is 0 Å². The Morgan fingerprint density at radius 1 is 1.44 bits per heavy atom. The van der Waals surface area contributed by atoms with E-state index in [0.717, 1.165) is 0 Å². The molecule has 86 valence electrons. The molecule has 0 aliphatic carbocycles. The normalized spacial score (nSPS) is 11.5. The number of fused-ring (bicyclic) bond motifs is 1. The van der Waals surface area contributed by atoms with Gasteiger partial charge in [-0.25, -0.2) is 14.3 Å². The molecule has 0 saturated heterocycles. The van der Waals surface area contributed by atoms with Crippen LogP contribution in [0.3, 0.4) is 0 Å². The summed E-state index contributed by atoms with van der Waals surface area (Å²) in [6, 6.07) is 0.